The minimum absolute atomic E-state index is 0.162. The highest BCUT2D eigenvalue weighted by molar-refractivity contribution is 6.30. The van der Waals surface area contributed by atoms with E-state index in [4.69, 9.17) is 21.1 Å². The van der Waals surface area contributed by atoms with Gasteiger partial charge in [-0.1, -0.05) is 11.6 Å². The van der Waals surface area contributed by atoms with Gasteiger partial charge in [-0.2, -0.15) is 0 Å². The Morgan fingerprint density at radius 2 is 2.22 bits per heavy atom. The summed E-state index contributed by atoms with van der Waals surface area (Å²) in [6.07, 6.45) is 0.970. The van der Waals surface area contributed by atoms with Crippen molar-refractivity contribution in [1.82, 2.24) is 0 Å². The maximum absolute atomic E-state index is 11.5. The fourth-order valence-corrected chi connectivity index (χ4v) is 1.84. The summed E-state index contributed by atoms with van der Waals surface area (Å²) >= 11 is 5.77. The zero-order valence-electron chi connectivity index (χ0n) is 10.0. The molecule has 0 bridgehead atoms. The SMILES string of the molecule is O=C(CNc1ccc(Cl)cc1)OCC1CCOC1. The van der Waals surface area contributed by atoms with Crippen LogP contribution < -0.4 is 5.32 Å². The van der Waals surface area contributed by atoms with Crippen molar-refractivity contribution in [2.75, 3.05) is 31.7 Å². The fraction of sp³-hybridized carbons (Fsp3) is 0.462. The van der Waals surface area contributed by atoms with Crippen LogP contribution in [0.1, 0.15) is 6.42 Å². The second kappa shape index (κ2) is 6.61. The predicted molar refractivity (Wildman–Crippen MR) is 69.8 cm³/mol. The normalized spacial score (nSPS) is 18.6. The maximum Gasteiger partial charge on any atom is 0.325 e. The first-order chi connectivity index (χ1) is 8.74. The van der Waals surface area contributed by atoms with Gasteiger partial charge in [-0.3, -0.25) is 4.79 Å². The van der Waals surface area contributed by atoms with E-state index in [9.17, 15) is 4.79 Å². The van der Waals surface area contributed by atoms with Crippen molar-refractivity contribution >= 4 is 23.3 Å². The number of rotatable bonds is 5. The molecule has 5 heteroatoms. The maximum atomic E-state index is 11.5. The van der Waals surface area contributed by atoms with Crippen molar-refractivity contribution < 1.29 is 14.3 Å². The van der Waals surface area contributed by atoms with E-state index in [-0.39, 0.29) is 12.5 Å². The number of ether oxygens (including phenoxy) is 2. The molecule has 4 nitrogen and oxygen atoms in total. The van der Waals surface area contributed by atoms with Gasteiger partial charge in [0, 0.05) is 23.2 Å². The van der Waals surface area contributed by atoms with Gasteiger partial charge in [0.1, 0.15) is 6.54 Å². The molecule has 1 atom stereocenters. The van der Waals surface area contributed by atoms with Gasteiger partial charge >= 0.3 is 5.97 Å². The Bertz CT molecular complexity index is 388. The number of carbonyl (C=O) groups excluding carboxylic acids is 1. The van der Waals surface area contributed by atoms with Crippen LogP contribution in [-0.2, 0) is 14.3 Å². The molecular formula is C13H16ClNO3. The van der Waals surface area contributed by atoms with Gasteiger partial charge in [-0.25, -0.2) is 0 Å². The lowest BCUT2D eigenvalue weighted by molar-refractivity contribution is -0.142. The van der Waals surface area contributed by atoms with E-state index in [1.165, 1.54) is 0 Å². The monoisotopic (exact) mass is 269 g/mol. The fourth-order valence-electron chi connectivity index (χ4n) is 1.72. The summed E-state index contributed by atoms with van der Waals surface area (Å²) in [5.41, 5.74) is 0.848. The Morgan fingerprint density at radius 3 is 2.89 bits per heavy atom. The van der Waals surface area contributed by atoms with Crippen LogP contribution in [0, 0.1) is 5.92 Å². The summed E-state index contributed by atoms with van der Waals surface area (Å²) in [6.45, 7) is 2.07. The molecule has 1 N–H and O–H groups in total. The van der Waals surface area contributed by atoms with Gasteiger partial charge in [0.15, 0.2) is 0 Å². The van der Waals surface area contributed by atoms with Gasteiger partial charge in [0.2, 0.25) is 0 Å². The number of hydrogen-bond acceptors (Lipinski definition) is 4. The van der Waals surface area contributed by atoms with E-state index >= 15 is 0 Å². The first-order valence-corrected chi connectivity index (χ1v) is 6.34. The topological polar surface area (TPSA) is 47.6 Å². The van der Waals surface area contributed by atoms with Crippen LogP contribution >= 0.6 is 11.6 Å². The van der Waals surface area contributed by atoms with Crippen LogP contribution in [0.4, 0.5) is 5.69 Å². The molecule has 1 aromatic carbocycles. The van der Waals surface area contributed by atoms with Crippen LogP contribution in [0.5, 0.6) is 0 Å². The van der Waals surface area contributed by atoms with Crippen LogP contribution in [0.2, 0.25) is 5.02 Å². The van der Waals surface area contributed by atoms with E-state index in [2.05, 4.69) is 5.32 Å². The molecule has 1 fully saturated rings. The van der Waals surface area contributed by atoms with E-state index < -0.39 is 0 Å². The third-order valence-corrected chi connectivity index (χ3v) is 3.04. The van der Waals surface area contributed by atoms with Crippen molar-refractivity contribution in [2.45, 2.75) is 6.42 Å². The quantitative estimate of drug-likeness (QED) is 0.834. The zero-order chi connectivity index (χ0) is 12.8. The van der Waals surface area contributed by atoms with Gasteiger partial charge in [0.05, 0.1) is 13.2 Å². The summed E-state index contributed by atoms with van der Waals surface area (Å²) in [6, 6.07) is 7.18. The lowest BCUT2D eigenvalue weighted by atomic mass is 10.1. The Balaban J connectivity index is 1.66. The Kier molecular flexibility index (Phi) is 4.84. The molecule has 2 rings (SSSR count). The average Bonchev–Trinajstić information content (AvgIpc) is 2.89. The highest BCUT2D eigenvalue weighted by atomic mass is 35.5. The number of carbonyl (C=O) groups is 1. The molecule has 0 aliphatic carbocycles. The van der Waals surface area contributed by atoms with Gasteiger partial charge in [0.25, 0.3) is 0 Å². The molecular weight excluding hydrogens is 254 g/mol. The van der Waals surface area contributed by atoms with Gasteiger partial charge in [-0.15, -0.1) is 0 Å². The molecule has 1 aromatic rings. The first kappa shape index (κ1) is 13.2. The summed E-state index contributed by atoms with van der Waals surface area (Å²) in [5, 5.41) is 3.65. The summed E-state index contributed by atoms with van der Waals surface area (Å²) in [4.78, 5) is 11.5. The number of nitrogens with one attached hydrogen (secondary N) is 1. The van der Waals surface area contributed by atoms with E-state index in [1.54, 1.807) is 12.1 Å². The predicted octanol–water partition coefficient (Wildman–Crippen LogP) is 2.33. The minimum atomic E-state index is -0.253. The largest absolute Gasteiger partial charge is 0.464 e. The van der Waals surface area contributed by atoms with Crippen LogP contribution in [-0.4, -0.2) is 32.3 Å². The third kappa shape index (κ3) is 4.20. The molecule has 98 valence electrons. The lowest BCUT2D eigenvalue weighted by Crippen LogP contribution is -2.20. The molecule has 0 radical (unpaired) electrons. The van der Waals surface area contributed by atoms with E-state index in [0.717, 1.165) is 18.7 Å². The number of benzene rings is 1. The molecule has 18 heavy (non-hydrogen) atoms. The number of anilines is 1. The van der Waals surface area contributed by atoms with Crippen LogP contribution in [0.15, 0.2) is 24.3 Å². The minimum Gasteiger partial charge on any atom is -0.464 e. The second-order valence-electron chi connectivity index (χ2n) is 4.27. The van der Waals surface area contributed by atoms with Crippen molar-refractivity contribution in [3.05, 3.63) is 29.3 Å². The average molecular weight is 270 g/mol. The van der Waals surface area contributed by atoms with Crippen molar-refractivity contribution in [2.24, 2.45) is 5.92 Å². The highest BCUT2D eigenvalue weighted by Gasteiger charge is 2.17. The zero-order valence-corrected chi connectivity index (χ0v) is 10.8. The smallest absolute Gasteiger partial charge is 0.325 e. The summed E-state index contributed by atoms with van der Waals surface area (Å²) in [7, 11) is 0. The number of halogens is 1. The Labute approximate surface area is 111 Å². The summed E-state index contributed by atoms with van der Waals surface area (Å²) < 4.78 is 10.4. The van der Waals surface area contributed by atoms with Crippen molar-refractivity contribution in [1.29, 1.82) is 0 Å². The van der Waals surface area contributed by atoms with E-state index in [0.29, 0.717) is 24.2 Å². The van der Waals surface area contributed by atoms with Crippen LogP contribution in [0.25, 0.3) is 0 Å². The number of hydrogen-bond donors (Lipinski definition) is 1. The first-order valence-electron chi connectivity index (χ1n) is 5.97. The van der Waals surface area contributed by atoms with E-state index in [1.807, 2.05) is 12.1 Å². The highest BCUT2D eigenvalue weighted by Crippen LogP contribution is 2.14. The molecule has 1 aliphatic rings. The third-order valence-electron chi connectivity index (χ3n) is 2.79. The molecule has 0 aromatic heterocycles. The lowest BCUT2D eigenvalue weighted by Gasteiger charge is -2.10. The van der Waals surface area contributed by atoms with Crippen molar-refractivity contribution in [3.63, 3.8) is 0 Å². The standard InChI is InChI=1S/C13H16ClNO3/c14-11-1-3-12(4-2-11)15-7-13(16)18-9-10-5-6-17-8-10/h1-4,10,15H,5-9H2. The molecule has 1 aliphatic heterocycles. The van der Waals surface area contributed by atoms with Gasteiger partial charge in [-0.05, 0) is 30.7 Å². The van der Waals surface area contributed by atoms with Crippen molar-refractivity contribution in [3.8, 4) is 0 Å². The molecule has 1 saturated heterocycles. The molecule has 1 unspecified atom stereocenters. The van der Waals surface area contributed by atoms with Gasteiger partial charge < -0.3 is 14.8 Å². The summed E-state index contributed by atoms with van der Waals surface area (Å²) in [5.74, 6) is 0.0985. The molecule has 1 heterocycles. The molecule has 0 spiro atoms. The molecule has 0 saturated carbocycles. The Hall–Kier alpha value is -1.26. The van der Waals surface area contributed by atoms with Crippen LogP contribution in [0.3, 0.4) is 0 Å². The Morgan fingerprint density at radius 1 is 1.44 bits per heavy atom. The molecule has 0 amide bonds. The number of esters is 1. The second-order valence-corrected chi connectivity index (χ2v) is 4.71.